The molecule has 1 aromatic carbocycles. The molecule has 1 aromatic heterocycles. The molecule has 0 spiro atoms. The summed E-state index contributed by atoms with van der Waals surface area (Å²) in [4.78, 5) is 4.59. The second-order valence-corrected chi connectivity index (χ2v) is 4.53. The van der Waals surface area contributed by atoms with Crippen LogP contribution in [0.1, 0.15) is 12.7 Å². The molecule has 1 aliphatic rings. The number of ether oxygens (including phenoxy) is 2. The lowest BCUT2D eigenvalue weighted by molar-refractivity contribution is 0.171. The summed E-state index contributed by atoms with van der Waals surface area (Å²) in [5.41, 5.74) is 7.87. The zero-order valence-electron chi connectivity index (χ0n) is 11.1. The molecule has 0 radical (unpaired) electrons. The van der Waals surface area contributed by atoms with Crippen molar-refractivity contribution in [1.29, 1.82) is 0 Å². The van der Waals surface area contributed by atoms with Gasteiger partial charge in [-0.1, -0.05) is 6.92 Å². The molecular weight excluding hydrogens is 242 g/mol. The van der Waals surface area contributed by atoms with Crippen molar-refractivity contribution in [3.05, 3.63) is 24.0 Å². The highest BCUT2D eigenvalue weighted by atomic mass is 16.6. The minimum absolute atomic E-state index is 0.578. The molecule has 0 saturated carbocycles. The number of hydrogen-bond acceptors (Lipinski definition) is 4. The lowest BCUT2D eigenvalue weighted by atomic mass is 10.1. The van der Waals surface area contributed by atoms with Crippen molar-refractivity contribution in [3.8, 4) is 22.8 Å². The van der Waals surface area contributed by atoms with E-state index in [2.05, 4.69) is 11.9 Å². The Morgan fingerprint density at radius 2 is 2.00 bits per heavy atom. The van der Waals surface area contributed by atoms with E-state index in [0.717, 1.165) is 35.0 Å². The molecule has 100 valence electrons. The van der Waals surface area contributed by atoms with Crippen LogP contribution in [-0.4, -0.2) is 22.8 Å². The number of aromatic nitrogens is 2. The van der Waals surface area contributed by atoms with Crippen LogP contribution in [0.4, 0.5) is 5.82 Å². The number of hydrogen-bond donors (Lipinski definition) is 1. The molecular formula is C14H17N3O2. The molecule has 5 nitrogen and oxygen atoms in total. The van der Waals surface area contributed by atoms with Crippen molar-refractivity contribution in [2.24, 2.45) is 7.05 Å². The zero-order chi connectivity index (χ0) is 13.4. The number of benzene rings is 1. The number of imidazole rings is 1. The van der Waals surface area contributed by atoms with E-state index in [4.69, 9.17) is 15.2 Å². The molecule has 0 fully saturated rings. The number of anilines is 1. The van der Waals surface area contributed by atoms with Gasteiger partial charge in [-0.2, -0.15) is 0 Å². The quantitative estimate of drug-likeness (QED) is 0.896. The van der Waals surface area contributed by atoms with Gasteiger partial charge in [-0.25, -0.2) is 4.98 Å². The van der Waals surface area contributed by atoms with E-state index in [1.165, 1.54) is 0 Å². The Bertz CT molecular complexity index is 619. The molecule has 3 rings (SSSR count). The third kappa shape index (κ3) is 1.91. The number of nitrogens with zero attached hydrogens (tertiary/aromatic N) is 2. The lowest BCUT2D eigenvalue weighted by Crippen LogP contribution is -2.15. The van der Waals surface area contributed by atoms with Gasteiger partial charge in [-0.3, -0.25) is 0 Å². The molecule has 0 amide bonds. The summed E-state index contributed by atoms with van der Waals surface area (Å²) >= 11 is 0. The average molecular weight is 259 g/mol. The third-order valence-corrected chi connectivity index (χ3v) is 3.36. The smallest absolute Gasteiger partial charge is 0.162 e. The minimum Gasteiger partial charge on any atom is -0.486 e. The second kappa shape index (κ2) is 4.50. The summed E-state index contributed by atoms with van der Waals surface area (Å²) in [6.07, 6.45) is 0.852. The average Bonchev–Trinajstić information content (AvgIpc) is 2.74. The number of aryl methyl sites for hydroxylation is 1. The number of fused-ring (bicyclic) bond motifs is 1. The first kappa shape index (κ1) is 11.9. The van der Waals surface area contributed by atoms with E-state index >= 15 is 0 Å². The fourth-order valence-electron chi connectivity index (χ4n) is 2.28. The second-order valence-electron chi connectivity index (χ2n) is 4.53. The van der Waals surface area contributed by atoms with Gasteiger partial charge >= 0.3 is 0 Å². The maximum Gasteiger partial charge on any atom is 0.162 e. The van der Waals surface area contributed by atoms with Crippen LogP contribution in [-0.2, 0) is 13.5 Å². The summed E-state index contributed by atoms with van der Waals surface area (Å²) in [6.45, 7) is 3.24. The van der Waals surface area contributed by atoms with Gasteiger partial charge in [0.1, 0.15) is 30.5 Å². The van der Waals surface area contributed by atoms with Crippen LogP contribution < -0.4 is 15.2 Å². The van der Waals surface area contributed by atoms with Gasteiger partial charge in [-0.15, -0.1) is 0 Å². The molecule has 2 heterocycles. The maximum atomic E-state index is 6.12. The molecule has 1 aliphatic heterocycles. The van der Waals surface area contributed by atoms with Gasteiger partial charge < -0.3 is 19.8 Å². The molecule has 5 heteroatoms. The summed E-state index contributed by atoms with van der Waals surface area (Å²) in [5.74, 6) is 3.18. The molecule has 19 heavy (non-hydrogen) atoms. The SMILES string of the molecule is CCc1nc(-c2ccc3c(c2)OCCO3)c(N)n1C. The Morgan fingerprint density at radius 1 is 1.26 bits per heavy atom. The van der Waals surface area contributed by atoms with Crippen LogP contribution in [0, 0.1) is 0 Å². The first-order valence-electron chi connectivity index (χ1n) is 6.41. The predicted octanol–water partition coefficient (Wildman–Crippen LogP) is 2.00. The van der Waals surface area contributed by atoms with Crippen LogP contribution in [0.2, 0.25) is 0 Å². The highest BCUT2D eigenvalue weighted by Gasteiger charge is 2.17. The molecule has 2 N–H and O–H groups in total. The topological polar surface area (TPSA) is 62.3 Å². The molecule has 0 bridgehead atoms. The van der Waals surface area contributed by atoms with E-state index in [-0.39, 0.29) is 0 Å². The predicted molar refractivity (Wildman–Crippen MR) is 73.4 cm³/mol. The van der Waals surface area contributed by atoms with Crippen molar-refractivity contribution in [3.63, 3.8) is 0 Å². The van der Waals surface area contributed by atoms with Crippen LogP contribution in [0.15, 0.2) is 18.2 Å². The third-order valence-electron chi connectivity index (χ3n) is 3.36. The van der Waals surface area contributed by atoms with Gasteiger partial charge in [-0.05, 0) is 18.2 Å². The largest absolute Gasteiger partial charge is 0.486 e. The number of rotatable bonds is 2. The van der Waals surface area contributed by atoms with Crippen LogP contribution in [0.5, 0.6) is 11.5 Å². The van der Waals surface area contributed by atoms with Gasteiger partial charge in [0.05, 0.1) is 0 Å². The van der Waals surface area contributed by atoms with Gasteiger partial charge in [0.15, 0.2) is 11.5 Å². The summed E-state index contributed by atoms with van der Waals surface area (Å²) in [7, 11) is 1.93. The van der Waals surface area contributed by atoms with Gasteiger partial charge in [0, 0.05) is 19.0 Å². The number of nitrogen functional groups attached to an aromatic ring is 1. The first-order valence-corrected chi connectivity index (χ1v) is 6.41. The minimum atomic E-state index is 0.578. The van der Waals surface area contributed by atoms with Crippen molar-refractivity contribution in [2.45, 2.75) is 13.3 Å². The van der Waals surface area contributed by atoms with E-state index in [0.29, 0.717) is 19.0 Å². The Morgan fingerprint density at radius 3 is 2.68 bits per heavy atom. The van der Waals surface area contributed by atoms with E-state index in [1.807, 2.05) is 29.8 Å². The Hall–Kier alpha value is -2.17. The Labute approximate surface area is 112 Å². The van der Waals surface area contributed by atoms with Crippen LogP contribution in [0.25, 0.3) is 11.3 Å². The molecule has 0 unspecified atom stereocenters. The Balaban J connectivity index is 2.07. The van der Waals surface area contributed by atoms with Crippen LogP contribution >= 0.6 is 0 Å². The highest BCUT2D eigenvalue weighted by Crippen LogP contribution is 2.35. The zero-order valence-corrected chi connectivity index (χ0v) is 11.1. The van der Waals surface area contributed by atoms with Gasteiger partial charge in [0.2, 0.25) is 0 Å². The standard InChI is InChI=1S/C14H17N3O2/c1-3-12-16-13(14(15)17(12)2)9-4-5-10-11(8-9)19-7-6-18-10/h4-5,8H,3,6-7,15H2,1-2H3. The summed E-state index contributed by atoms with van der Waals surface area (Å²) in [6, 6.07) is 5.81. The summed E-state index contributed by atoms with van der Waals surface area (Å²) in [5, 5.41) is 0. The molecule has 2 aromatic rings. The maximum absolute atomic E-state index is 6.12. The molecule has 0 atom stereocenters. The van der Waals surface area contributed by atoms with E-state index < -0.39 is 0 Å². The van der Waals surface area contributed by atoms with Crippen LogP contribution in [0.3, 0.4) is 0 Å². The van der Waals surface area contributed by atoms with Crippen molar-refractivity contribution >= 4 is 5.82 Å². The lowest BCUT2D eigenvalue weighted by Gasteiger charge is -2.18. The monoisotopic (exact) mass is 259 g/mol. The van der Waals surface area contributed by atoms with Crippen molar-refractivity contribution in [2.75, 3.05) is 18.9 Å². The molecule has 0 saturated heterocycles. The Kier molecular flexibility index (Phi) is 2.81. The fourth-order valence-corrected chi connectivity index (χ4v) is 2.28. The van der Waals surface area contributed by atoms with Gasteiger partial charge in [0.25, 0.3) is 0 Å². The van der Waals surface area contributed by atoms with Crippen molar-refractivity contribution in [1.82, 2.24) is 9.55 Å². The summed E-state index contributed by atoms with van der Waals surface area (Å²) < 4.78 is 13.0. The normalized spacial score (nSPS) is 13.6. The fraction of sp³-hybridized carbons (Fsp3) is 0.357. The number of nitrogens with two attached hydrogens (primary N) is 1. The molecule has 0 aliphatic carbocycles. The van der Waals surface area contributed by atoms with Crippen molar-refractivity contribution < 1.29 is 9.47 Å². The highest BCUT2D eigenvalue weighted by molar-refractivity contribution is 5.73. The van der Waals surface area contributed by atoms with E-state index in [1.54, 1.807) is 0 Å². The van der Waals surface area contributed by atoms with E-state index in [9.17, 15) is 0 Å². The first-order chi connectivity index (χ1) is 9.20.